The van der Waals surface area contributed by atoms with Crippen LogP contribution in [0, 0.1) is 5.82 Å². The van der Waals surface area contributed by atoms with Crippen molar-refractivity contribution in [2.45, 2.75) is 0 Å². The second-order valence-corrected chi connectivity index (χ2v) is 5.54. The molecular formula is C21H15FN2. The fourth-order valence-electron chi connectivity index (χ4n) is 2.72. The van der Waals surface area contributed by atoms with Crippen LogP contribution in [0.4, 0.5) is 4.39 Å². The zero-order valence-electron chi connectivity index (χ0n) is 12.9. The maximum atomic E-state index is 13.3. The number of rotatable bonds is 3. The molecule has 0 saturated heterocycles. The second-order valence-electron chi connectivity index (χ2n) is 5.54. The maximum absolute atomic E-state index is 13.3. The molecule has 0 atom stereocenters. The Bertz CT molecular complexity index is 942. The standard InChI is InChI=1S/C21H15FN2/c22-18-13-11-17(12-14-18)21-15-20(16-7-3-1-4-8-16)23-24(21)19-9-5-2-6-10-19/h1-15H. The van der Waals surface area contributed by atoms with E-state index < -0.39 is 0 Å². The Morgan fingerprint density at radius 1 is 0.667 bits per heavy atom. The van der Waals surface area contributed by atoms with Gasteiger partial charge in [0.1, 0.15) is 5.82 Å². The molecule has 0 aliphatic carbocycles. The fourth-order valence-corrected chi connectivity index (χ4v) is 2.72. The van der Waals surface area contributed by atoms with Crippen molar-refractivity contribution >= 4 is 0 Å². The van der Waals surface area contributed by atoms with E-state index in [1.165, 1.54) is 12.1 Å². The van der Waals surface area contributed by atoms with Crippen LogP contribution in [0.1, 0.15) is 0 Å². The second kappa shape index (κ2) is 6.13. The smallest absolute Gasteiger partial charge is 0.123 e. The Morgan fingerprint density at radius 2 is 1.29 bits per heavy atom. The zero-order chi connectivity index (χ0) is 16.4. The number of halogens is 1. The van der Waals surface area contributed by atoms with Gasteiger partial charge >= 0.3 is 0 Å². The highest BCUT2D eigenvalue weighted by atomic mass is 19.1. The first-order chi connectivity index (χ1) is 11.8. The van der Waals surface area contributed by atoms with Gasteiger partial charge in [-0.3, -0.25) is 0 Å². The summed E-state index contributed by atoms with van der Waals surface area (Å²) >= 11 is 0. The number of para-hydroxylation sites is 1. The molecule has 0 spiro atoms. The average molecular weight is 314 g/mol. The molecule has 2 nitrogen and oxygen atoms in total. The molecule has 0 fully saturated rings. The summed E-state index contributed by atoms with van der Waals surface area (Å²) in [6, 6.07) is 28.5. The van der Waals surface area contributed by atoms with Gasteiger partial charge in [0.2, 0.25) is 0 Å². The summed E-state index contributed by atoms with van der Waals surface area (Å²) in [6.45, 7) is 0. The van der Waals surface area contributed by atoms with E-state index in [2.05, 4.69) is 0 Å². The Hall–Kier alpha value is -3.20. The number of nitrogens with zero attached hydrogens (tertiary/aromatic N) is 2. The van der Waals surface area contributed by atoms with Gasteiger partial charge in [-0.1, -0.05) is 48.5 Å². The van der Waals surface area contributed by atoms with Crippen molar-refractivity contribution in [1.82, 2.24) is 9.78 Å². The van der Waals surface area contributed by atoms with Crippen molar-refractivity contribution in [2.24, 2.45) is 0 Å². The average Bonchev–Trinajstić information content (AvgIpc) is 3.09. The van der Waals surface area contributed by atoms with Gasteiger partial charge in [-0.2, -0.15) is 5.10 Å². The molecule has 0 radical (unpaired) electrons. The highest BCUT2D eigenvalue weighted by molar-refractivity contribution is 5.70. The van der Waals surface area contributed by atoms with Crippen LogP contribution < -0.4 is 0 Å². The summed E-state index contributed by atoms with van der Waals surface area (Å²) in [5.74, 6) is -0.243. The maximum Gasteiger partial charge on any atom is 0.123 e. The van der Waals surface area contributed by atoms with Crippen molar-refractivity contribution < 1.29 is 4.39 Å². The monoisotopic (exact) mass is 314 g/mol. The Morgan fingerprint density at radius 3 is 1.96 bits per heavy atom. The molecule has 1 aromatic heterocycles. The van der Waals surface area contributed by atoms with Crippen LogP contribution in [-0.4, -0.2) is 9.78 Å². The summed E-state index contributed by atoms with van der Waals surface area (Å²) in [6.07, 6.45) is 0. The molecule has 0 unspecified atom stereocenters. The van der Waals surface area contributed by atoms with Crippen molar-refractivity contribution in [3.63, 3.8) is 0 Å². The highest BCUT2D eigenvalue weighted by Crippen LogP contribution is 2.28. The third-order valence-electron chi connectivity index (χ3n) is 3.92. The molecule has 0 N–H and O–H groups in total. The van der Waals surface area contributed by atoms with E-state index in [1.54, 1.807) is 12.1 Å². The highest BCUT2D eigenvalue weighted by Gasteiger charge is 2.12. The molecule has 116 valence electrons. The fraction of sp³-hybridized carbons (Fsp3) is 0. The first-order valence-corrected chi connectivity index (χ1v) is 7.78. The number of benzene rings is 3. The SMILES string of the molecule is Fc1ccc(-c2cc(-c3ccccc3)nn2-c2ccccc2)cc1. The molecule has 0 saturated carbocycles. The van der Waals surface area contributed by atoms with Gasteiger partial charge in [0.15, 0.2) is 0 Å². The van der Waals surface area contributed by atoms with E-state index in [0.717, 1.165) is 28.2 Å². The molecule has 24 heavy (non-hydrogen) atoms. The molecule has 0 amide bonds. The van der Waals surface area contributed by atoms with Crippen LogP contribution in [0.15, 0.2) is 91.0 Å². The largest absolute Gasteiger partial charge is 0.232 e. The first kappa shape index (κ1) is 14.4. The Balaban J connectivity index is 1.90. The van der Waals surface area contributed by atoms with E-state index in [4.69, 9.17) is 5.10 Å². The van der Waals surface area contributed by atoms with Crippen LogP contribution >= 0.6 is 0 Å². The van der Waals surface area contributed by atoms with Gasteiger partial charge in [-0.15, -0.1) is 0 Å². The Kier molecular flexibility index (Phi) is 3.67. The van der Waals surface area contributed by atoms with Crippen molar-refractivity contribution in [3.8, 4) is 28.2 Å². The van der Waals surface area contributed by atoms with E-state index >= 15 is 0 Å². The zero-order valence-corrected chi connectivity index (χ0v) is 12.9. The number of aromatic nitrogens is 2. The summed E-state index contributed by atoms with van der Waals surface area (Å²) in [4.78, 5) is 0. The lowest BCUT2D eigenvalue weighted by Gasteiger charge is -2.07. The van der Waals surface area contributed by atoms with Crippen molar-refractivity contribution in [3.05, 3.63) is 96.8 Å². The van der Waals surface area contributed by atoms with Crippen molar-refractivity contribution in [1.29, 1.82) is 0 Å². The lowest BCUT2D eigenvalue weighted by Crippen LogP contribution is -1.98. The lowest BCUT2D eigenvalue weighted by atomic mass is 10.1. The molecule has 0 aliphatic heterocycles. The van der Waals surface area contributed by atoms with Crippen LogP contribution in [0.25, 0.3) is 28.2 Å². The molecule has 4 rings (SSSR count). The topological polar surface area (TPSA) is 17.8 Å². The minimum Gasteiger partial charge on any atom is -0.232 e. The predicted octanol–water partition coefficient (Wildman–Crippen LogP) is 5.35. The molecule has 0 bridgehead atoms. The van der Waals surface area contributed by atoms with Gasteiger partial charge in [-0.25, -0.2) is 9.07 Å². The minimum absolute atomic E-state index is 0.243. The van der Waals surface area contributed by atoms with Gasteiger partial charge in [-0.05, 0) is 42.5 Å². The lowest BCUT2D eigenvalue weighted by molar-refractivity contribution is 0.628. The Labute approximate surface area is 139 Å². The van der Waals surface area contributed by atoms with E-state index in [9.17, 15) is 4.39 Å². The van der Waals surface area contributed by atoms with E-state index in [1.807, 2.05) is 71.4 Å². The van der Waals surface area contributed by atoms with Crippen LogP contribution in [-0.2, 0) is 0 Å². The normalized spacial score (nSPS) is 10.7. The van der Waals surface area contributed by atoms with Gasteiger partial charge in [0.25, 0.3) is 0 Å². The predicted molar refractivity (Wildman–Crippen MR) is 94.4 cm³/mol. The van der Waals surface area contributed by atoms with Gasteiger partial charge in [0.05, 0.1) is 17.1 Å². The molecule has 3 aromatic carbocycles. The van der Waals surface area contributed by atoms with Gasteiger partial charge in [0, 0.05) is 11.1 Å². The third kappa shape index (κ3) is 2.72. The van der Waals surface area contributed by atoms with Crippen LogP contribution in [0.3, 0.4) is 0 Å². The molecule has 0 aliphatic rings. The summed E-state index contributed by atoms with van der Waals surface area (Å²) in [5, 5.41) is 4.77. The van der Waals surface area contributed by atoms with Crippen LogP contribution in [0.5, 0.6) is 0 Å². The molecule has 4 aromatic rings. The third-order valence-corrected chi connectivity index (χ3v) is 3.92. The van der Waals surface area contributed by atoms with E-state index in [-0.39, 0.29) is 5.82 Å². The molecule has 3 heteroatoms. The van der Waals surface area contributed by atoms with Crippen molar-refractivity contribution in [2.75, 3.05) is 0 Å². The first-order valence-electron chi connectivity index (χ1n) is 7.78. The quantitative estimate of drug-likeness (QED) is 0.499. The molecule has 1 heterocycles. The minimum atomic E-state index is -0.243. The summed E-state index contributed by atoms with van der Waals surface area (Å²) in [5.41, 5.74) is 4.77. The summed E-state index contributed by atoms with van der Waals surface area (Å²) in [7, 11) is 0. The summed E-state index contributed by atoms with van der Waals surface area (Å²) < 4.78 is 15.2. The van der Waals surface area contributed by atoms with Crippen LogP contribution in [0.2, 0.25) is 0 Å². The van der Waals surface area contributed by atoms with Gasteiger partial charge < -0.3 is 0 Å². The number of hydrogen-bond donors (Lipinski definition) is 0. The molecular weight excluding hydrogens is 299 g/mol. The van der Waals surface area contributed by atoms with E-state index in [0.29, 0.717) is 0 Å². The number of hydrogen-bond acceptors (Lipinski definition) is 1.